The molecule has 0 spiro atoms. The Morgan fingerprint density at radius 3 is 2.75 bits per heavy atom. The van der Waals surface area contributed by atoms with Crippen LogP contribution in [0.4, 0.5) is 5.82 Å². The highest BCUT2D eigenvalue weighted by molar-refractivity contribution is 5.85. The number of anilines is 1. The normalized spacial score (nSPS) is 10.5. The van der Waals surface area contributed by atoms with Crippen molar-refractivity contribution in [1.29, 1.82) is 0 Å². The van der Waals surface area contributed by atoms with Gasteiger partial charge in [-0.05, 0) is 6.92 Å². The Kier molecular flexibility index (Phi) is 1.37. The Bertz CT molecular complexity index is 405. The van der Waals surface area contributed by atoms with Gasteiger partial charge in [-0.2, -0.15) is 20.5 Å². The predicted molar refractivity (Wildman–Crippen MR) is 42.0 cm³/mol. The lowest BCUT2D eigenvalue weighted by Crippen LogP contribution is -2.10. The van der Waals surface area contributed by atoms with E-state index in [0.717, 1.165) is 5.69 Å². The Morgan fingerprint density at radius 1 is 1.25 bits per heavy atom. The predicted octanol–water partition coefficient (Wildman–Crippen LogP) is -0.658. The van der Waals surface area contributed by atoms with E-state index in [1.165, 1.54) is 0 Å². The lowest BCUT2D eigenvalue weighted by Gasteiger charge is -1.97. The number of aromatic amines is 1. The van der Waals surface area contributed by atoms with Crippen molar-refractivity contribution in [2.45, 2.75) is 6.92 Å². The summed E-state index contributed by atoms with van der Waals surface area (Å²) in [4.78, 5) is 0. The van der Waals surface area contributed by atoms with E-state index < -0.39 is 0 Å². The number of fused-ring (bicyclic) bond motifs is 1. The van der Waals surface area contributed by atoms with Gasteiger partial charge in [0.1, 0.15) is 5.52 Å². The van der Waals surface area contributed by atoms with E-state index in [0.29, 0.717) is 16.9 Å². The fourth-order valence-electron chi connectivity index (χ4n) is 0.965. The van der Waals surface area contributed by atoms with Crippen molar-refractivity contribution in [2.75, 3.05) is 5.43 Å². The first-order valence-corrected chi connectivity index (χ1v) is 3.33. The van der Waals surface area contributed by atoms with Crippen molar-refractivity contribution in [3.63, 3.8) is 0 Å². The van der Waals surface area contributed by atoms with Crippen LogP contribution in [-0.4, -0.2) is 25.6 Å². The molecule has 12 heavy (non-hydrogen) atoms. The van der Waals surface area contributed by atoms with Gasteiger partial charge in [-0.1, -0.05) is 0 Å². The molecule has 0 bridgehead atoms. The molecule has 0 aromatic carbocycles. The summed E-state index contributed by atoms with van der Waals surface area (Å²) >= 11 is 0. The monoisotopic (exact) mass is 165 g/mol. The SMILES string of the molecule is Cc1nnc(NN)c2n[nH]nc12. The van der Waals surface area contributed by atoms with Gasteiger partial charge in [0.25, 0.3) is 0 Å². The molecule has 2 aromatic heterocycles. The maximum absolute atomic E-state index is 5.19. The maximum atomic E-state index is 5.19. The summed E-state index contributed by atoms with van der Waals surface area (Å²) in [5, 5.41) is 17.9. The molecule has 2 rings (SSSR count). The third-order valence-electron chi connectivity index (χ3n) is 1.55. The van der Waals surface area contributed by atoms with Crippen molar-refractivity contribution < 1.29 is 0 Å². The van der Waals surface area contributed by atoms with Crippen molar-refractivity contribution >= 4 is 16.9 Å². The van der Waals surface area contributed by atoms with Crippen LogP contribution >= 0.6 is 0 Å². The largest absolute Gasteiger partial charge is 0.305 e. The molecule has 0 saturated carbocycles. The molecule has 2 aromatic rings. The molecule has 7 heteroatoms. The number of aryl methyl sites for hydroxylation is 1. The average Bonchev–Trinajstić information content (AvgIpc) is 2.54. The zero-order valence-corrected chi connectivity index (χ0v) is 6.37. The van der Waals surface area contributed by atoms with Crippen LogP contribution in [0.15, 0.2) is 0 Å². The number of hydrazine groups is 1. The van der Waals surface area contributed by atoms with Crippen molar-refractivity contribution in [3.05, 3.63) is 5.69 Å². The number of aromatic nitrogens is 5. The summed E-state index contributed by atoms with van der Waals surface area (Å²) in [6, 6.07) is 0. The molecule has 7 nitrogen and oxygen atoms in total. The number of hydrogen-bond acceptors (Lipinski definition) is 6. The molecule has 0 unspecified atom stereocenters. The van der Waals surface area contributed by atoms with E-state index in [9.17, 15) is 0 Å². The van der Waals surface area contributed by atoms with Crippen LogP contribution in [0, 0.1) is 6.92 Å². The van der Waals surface area contributed by atoms with Gasteiger partial charge in [-0.15, -0.1) is 5.10 Å². The van der Waals surface area contributed by atoms with Crippen molar-refractivity contribution in [3.8, 4) is 0 Å². The van der Waals surface area contributed by atoms with Crippen LogP contribution < -0.4 is 11.3 Å². The van der Waals surface area contributed by atoms with Crippen LogP contribution in [0.1, 0.15) is 5.69 Å². The zero-order chi connectivity index (χ0) is 8.55. The lowest BCUT2D eigenvalue weighted by atomic mass is 10.3. The molecule has 0 amide bonds. The Morgan fingerprint density at radius 2 is 2.00 bits per heavy atom. The quantitative estimate of drug-likeness (QED) is 0.382. The minimum absolute atomic E-state index is 0.421. The van der Waals surface area contributed by atoms with E-state index in [-0.39, 0.29) is 0 Å². The Balaban J connectivity index is 2.82. The zero-order valence-electron chi connectivity index (χ0n) is 6.37. The first-order valence-electron chi connectivity index (χ1n) is 3.33. The summed E-state index contributed by atoms with van der Waals surface area (Å²) in [7, 11) is 0. The molecular formula is C5H7N7. The van der Waals surface area contributed by atoms with Gasteiger partial charge in [0, 0.05) is 0 Å². The Hall–Kier alpha value is -1.76. The molecule has 0 atom stereocenters. The summed E-state index contributed by atoms with van der Waals surface area (Å²) in [6.45, 7) is 1.80. The minimum Gasteiger partial charge on any atom is -0.305 e. The number of nitrogens with zero attached hydrogens (tertiary/aromatic N) is 4. The van der Waals surface area contributed by atoms with Gasteiger partial charge in [0.05, 0.1) is 5.69 Å². The van der Waals surface area contributed by atoms with Gasteiger partial charge in [0.2, 0.25) is 0 Å². The third-order valence-corrected chi connectivity index (χ3v) is 1.55. The van der Waals surface area contributed by atoms with Crippen molar-refractivity contribution in [2.24, 2.45) is 5.84 Å². The second kappa shape index (κ2) is 2.38. The fourth-order valence-corrected chi connectivity index (χ4v) is 0.965. The van der Waals surface area contributed by atoms with Gasteiger partial charge in [-0.3, -0.25) is 0 Å². The molecule has 4 N–H and O–H groups in total. The first-order chi connectivity index (χ1) is 5.83. The maximum Gasteiger partial charge on any atom is 0.192 e. The van der Waals surface area contributed by atoms with Crippen LogP contribution in [-0.2, 0) is 0 Å². The molecule has 0 aliphatic heterocycles. The molecule has 0 aliphatic rings. The van der Waals surface area contributed by atoms with E-state index in [4.69, 9.17) is 5.84 Å². The van der Waals surface area contributed by atoms with Gasteiger partial charge in [0.15, 0.2) is 11.3 Å². The molecule has 62 valence electrons. The molecule has 0 saturated heterocycles. The number of hydrogen-bond donors (Lipinski definition) is 3. The number of rotatable bonds is 1. The highest BCUT2D eigenvalue weighted by Crippen LogP contribution is 2.15. The second-order valence-electron chi connectivity index (χ2n) is 2.30. The average molecular weight is 165 g/mol. The molecule has 0 aliphatic carbocycles. The molecule has 0 radical (unpaired) electrons. The van der Waals surface area contributed by atoms with E-state index in [2.05, 4.69) is 31.0 Å². The smallest absolute Gasteiger partial charge is 0.192 e. The Labute approximate surface area is 67.3 Å². The molecule has 2 heterocycles. The number of nitrogens with two attached hydrogens (primary N) is 1. The first kappa shape index (κ1) is 6.92. The number of H-pyrrole nitrogens is 1. The minimum atomic E-state index is 0.421. The van der Waals surface area contributed by atoms with Crippen LogP contribution in [0.25, 0.3) is 11.0 Å². The van der Waals surface area contributed by atoms with Gasteiger partial charge < -0.3 is 5.43 Å². The topological polar surface area (TPSA) is 105 Å². The van der Waals surface area contributed by atoms with E-state index in [1.807, 2.05) is 0 Å². The van der Waals surface area contributed by atoms with Crippen LogP contribution in [0.5, 0.6) is 0 Å². The van der Waals surface area contributed by atoms with E-state index in [1.54, 1.807) is 6.92 Å². The highest BCUT2D eigenvalue weighted by atomic mass is 15.4. The van der Waals surface area contributed by atoms with Crippen molar-refractivity contribution in [1.82, 2.24) is 25.6 Å². The fraction of sp³-hybridized carbons (Fsp3) is 0.200. The summed E-state index contributed by atoms with van der Waals surface area (Å²) < 4.78 is 0. The third kappa shape index (κ3) is 0.800. The summed E-state index contributed by atoms with van der Waals surface area (Å²) in [5.41, 5.74) is 4.39. The molecular weight excluding hydrogens is 158 g/mol. The number of nitrogen functional groups attached to an aromatic ring is 1. The summed E-state index contributed by atoms with van der Waals surface area (Å²) in [6.07, 6.45) is 0. The van der Waals surface area contributed by atoms with E-state index >= 15 is 0 Å². The lowest BCUT2D eigenvalue weighted by molar-refractivity contribution is 0.956. The highest BCUT2D eigenvalue weighted by Gasteiger charge is 2.08. The van der Waals surface area contributed by atoms with Gasteiger partial charge >= 0.3 is 0 Å². The van der Waals surface area contributed by atoms with Crippen LogP contribution in [0.3, 0.4) is 0 Å². The second-order valence-corrected chi connectivity index (χ2v) is 2.30. The van der Waals surface area contributed by atoms with Crippen LogP contribution in [0.2, 0.25) is 0 Å². The standard InChI is InChI=1S/C5H7N7/c1-2-3-4(10-12-9-3)5(7-6)11-8-2/h6H2,1H3,(H,7,11)(H,9,10,12). The van der Waals surface area contributed by atoms with Gasteiger partial charge in [-0.25, -0.2) is 5.84 Å². The number of nitrogens with one attached hydrogen (secondary N) is 2. The molecule has 0 fully saturated rings. The summed E-state index contributed by atoms with van der Waals surface area (Å²) in [5.74, 6) is 5.61.